The van der Waals surface area contributed by atoms with Gasteiger partial charge in [-0.25, -0.2) is 0 Å². The van der Waals surface area contributed by atoms with Crippen molar-refractivity contribution in [2.24, 2.45) is 11.3 Å². The van der Waals surface area contributed by atoms with Crippen LogP contribution in [0.5, 0.6) is 0 Å². The van der Waals surface area contributed by atoms with Crippen LogP contribution < -0.4 is 0 Å². The Labute approximate surface area is 116 Å². The minimum absolute atomic E-state index is 0.200. The molecule has 0 radical (unpaired) electrons. The molecule has 96 valence electrons. The molecule has 2 unspecified atom stereocenters. The second-order valence-electron chi connectivity index (χ2n) is 4.32. The number of rotatable bonds is 3. The van der Waals surface area contributed by atoms with Crippen LogP contribution in [0.3, 0.4) is 0 Å². The number of nitriles is 2. The van der Waals surface area contributed by atoms with E-state index in [9.17, 15) is 15.3 Å². The summed E-state index contributed by atoms with van der Waals surface area (Å²) in [6.45, 7) is 0. The molecule has 0 aliphatic heterocycles. The lowest BCUT2D eigenvalue weighted by Crippen LogP contribution is -2.53. The van der Waals surface area contributed by atoms with Crippen molar-refractivity contribution in [2.45, 2.75) is 16.6 Å². The zero-order valence-electron chi connectivity index (χ0n) is 10.4. The number of esters is 1. The predicted octanol–water partition coefficient (Wildman–Crippen LogP) is 2.37. The molecule has 0 heterocycles. The van der Waals surface area contributed by atoms with E-state index >= 15 is 0 Å². The summed E-state index contributed by atoms with van der Waals surface area (Å²) < 4.78 is 4.66. The largest absolute Gasteiger partial charge is 0.469 e. The van der Waals surface area contributed by atoms with Crippen LogP contribution in [0.2, 0.25) is 0 Å². The van der Waals surface area contributed by atoms with Gasteiger partial charge in [0, 0.05) is 10.1 Å². The average Bonchev–Trinajstić information content (AvgIpc) is 2.45. The van der Waals surface area contributed by atoms with Gasteiger partial charge in [-0.3, -0.25) is 4.79 Å². The van der Waals surface area contributed by atoms with Crippen molar-refractivity contribution >= 4 is 17.7 Å². The van der Waals surface area contributed by atoms with E-state index in [1.54, 1.807) is 0 Å². The maximum absolute atomic E-state index is 11.6. The molecule has 1 aliphatic rings. The van der Waals surface area contributed by atoms with Crippen molar-refractivity contribution in [1.29, 1.82) is 10.5 Å². The smallest absolute Gasteiger partial charge is 0.311 e. The lowest BCUT2D eigenvalue weighted by Gasteiger charge is -2.44. The number of carbonyl (C=O) groups excluding carboxylic acids is 1. The fourth-order valence-electron chi connectivity index (χ4n) is 2.20. The Hall–Kier alpha value is -1.98. The summed E-state index contributed by atoms with van der Waals surface area (Å²) in [5.74, 6) is -1.12. The molecule has 1 aliphatic carbocycles. The number of thioether (sulfide) groups is 1. The number of carbonyl (C=O) groups is 1. The Morgan fingerprint density at radius 1 is 1.37 bits per heavy atom. The minimum Gasteiger partial charge on any atom is -0.469 e. The van der Waals surface area contributed by atoms with Crippen LogP contribution in [0.1, 0.15) is 6.42 Å². The molecule has 0 amide bonds. The first-order valence-electron chi connectivity index (χ1n) is 5.80. The molecular formula is C14H12N2O2S. The van der Waals surface area contributed by atoms with Crippen molar-refractivity contribution in [1.82, 2.24) is 0 Å². The summed E-state index contributed by atoms with van der Waals surface area (Å²) in [7, 11) is 1.28. The molecular weight excluding hydrogens is 260 g/mol. The van der Waals surface area contributed by atoms with Gasteiger partial charge in [0.1, 0.15) is 0 Å². The van der Waals surface area contributed by atoms with Crippen LogP contribution in [-0.2, 0) is 9.53 Å². The molecule has 5 heteroatoms. The van der Waals surface area contributed by atoms with Crippen molar-refractivity contribution in [2.75, 3.05) is 7.11 Å². The van der Waals surface area contributed by atoms with Gasteiger partial charge in [-0.15, -0.1) is 11.8 Å². The van der Waals surface area contributed by atoms with E-state index in [1.165, 1.54) is 18.9 Å². The lowest BCUT2D eigenvalue weighted by atomic mass is 9.61. The monoisotopic (exact) mass is 272 g/mol. The summed E-state index contributed by atoms with van der Waals surface area (Å²) in [4.78, 5) is 12.6. The van der Waals surface area contributed by atoms with Crippen molar-refractivity contribution in [3.05, 3.63) is 30.3 Å². The molecule has 0 aromatic heterocycles. The fraction of sp³-hybridized carbons (Fsp3) is 0.357. The van der Waals surface area contributed by atoms with Gasteiger partial charge in [0.05, 0.1) is 25.2 Å². The number of benzene rings is 1. The summed E-state index contributed by atoms with van der Waals surface area (Å²) >= 11 is 1.47. The number of nitrogens with zero attached hydrogens (tertiary/aromatic N) is 2. The van der Waals surface area contributed by atoms with Crippen LogP contribution in [0.25, 0.3) is 0 Å². The van der Waals surface area contributed by atoms with Crippen LogP contribution >= 0.6 is 11.8 Å². The van der Waals surface area contributed by atoms with E-state index in [0.29, 0.717) is 6.42 Å². The van der Waals surface area contributed by atoms with Gasteiger partial charge < -0.3 is 4.74 Å². The number of methoxy groups -OCH3 is 1. The van der Waals surface area contributed by atoms with E-state index in [4.69, 9.17) is 0 Å². The quantitative estimate of drug-likeness (QED) is 0.790. The topological polar surface area (TPSA) is 73.9 Å². The summed E-state index contributed by atoms with van der Waals surface area (Å²) in [5.41, 5.74) is -1.28. The first kappa shape index (κ1) is 13.5. The average molecular weight is 272 g/mol. The highest BCUT2D eigenvalue weighted by molar-refractivity contribution is 8.00. The Bertz CT molecular complexity index is 545. The molecule has 0 saturated heterocycles. The molecule has 1 aromatic carbocycles. The molecule has 0 spiro atoms. The Morgan fingerprint density at radius 3 is 2.53 bits per heavy atom. The van der Waals surface area contributed by atoms with Crippen molar-refractivity contribution < 1.29 is 9.53 Å². The van der Waals surface area contributed by atoms with E-state index in [2.05, 4.69) is 4.74 Å². The molecule has 2 atom stereocenters. The maximum Gasteiger partial charge on any atom is 0.311 e. The Kier molecular flexibility index (Phi) is 3.78. The minimum atomic E-state index is -1.28. The highest BCUT2D eigenvalue weighted by Gasteiger charge is 2.61. The second kappa shape index (κ2) is 5.34. The van der Waals surface area contributed by atoms with Gasteiger partial charge in [0.2, 0.25) is 0 Å². The van der Waals surface area contributed by atoms with Gasteiger partial charge in [0.15, 0.2) is 5.41 Å². The highest BCUT2D eigenvalue weighted by Crippen LogP contribution is 2.54. The van der Waals surface area contributed by atoms with Crippen molar-refractivity contribution in [3.63, 3.8) is 0 Å². The van der Waals surface area contributed by atoms with E-state index in [0.717, 1.165) is 4.90 Å². The van der Waals surface area contributed by atoms with Gasteiger partial charge in [-0.2, -0.15) is 10.5 Å². The second-order valence-corrected chi connectivity index (χ2v) is 5.60. The normalized spacial score (nSPS) is 23.5. The predicted molar refractivity (Wildman–Crippen MR) is 69.9 cm³/mol. The SMILES string of the molecule is COC(=O)C1CC(Sc2ccccc2)C1(C#N)C#N. The number of hydrogen-bond donors (Lipinski definition) is 0. The van der Waals surface area contributed by atoms with Gasteiger partial charge in [0.25, 0.3) is 0 Å². The van der Waals surface area contributed by atoms with Crippen molar-refractivity contribution in [3.8, 4) is 12.1 Å². The molecule has 0 bridgehead atoms. The molecule has 0 N–H and O–H groups in total. The van der Waals surface area contributed by atoms with Crippen LogP contribution in [0.15, 0.2) is 35.2 Å². The molecule has 1 aromatic rings. The van der Waals surface area contributed by atoms with E-state index in [-0.39, 0.29) is 5.25 Å². The maximum atomic E-state index is 11.6. The first-order valence-corrected chi connectivity index (χ1v) is 6.68. The zero-order valence-corrected chi connectivity index (χ0v) is 11.2. The summed E-state index contributed by atoms with van der Waals surface area (Å²) in [6, 6.07) is 13.6. The Morgan fingerprint density at radius 2 is 2.00 bits per heavy atom. The Balaban J connectivity index is 2.19. The highest BCUT2D eigenvalue weighted by atomic mass is 32.2. The zero-order chi connectivity index (χ0) is 13.9. The number of hydrogen-bond acceptors (Lipinski definition) is 5. The number of ether oxygens (including phenoxy) is 1. The van der Waals surface area contributed by atoms with Gasteiger partial charge in [-0.05, 0) is 18.6 Å². The standard InChI is InChI=1S/C14H12N2O2S/c1-18-13(17)11-7-12(14(11,8-15)9-16)19-10-5-3-2-4-6-10/h2-6,11-12H,7H2,1H3. The third-order valence-corrected chi connectivity index (χ3v) is 4.78. The summed E-state index contributed by atoms with van der Waals surface area (Å²) in [6.07, 6.45) is 0.493. The van der Waals surface area contributed by atoms with Gasteiger partial charge in [-0.1, -0.05) is 18.2 Å². The van der Waals surface area contributed by atoms with Crippen LogP contribution in [0.4, 0.5) is 0 Å². The molecule has 19 heavy (non-hydrogen) atoms. The van der Waals surface area contributed by atoms with E-state index in [1.807, 2.05) is 42.5 Å². The first-order chi connectivity index (χ1) is 9.17. The van der Waals surface area contributed by atoms with Gasteiger partial charge >= 0.3 is 5.97 Å². The van der Waals surface area contributed by atoms with E-state index < -0.39 is 17.3 Å². The molecule has 1 saturated carbocycles. The molecule has 1 fully saturated rings. The van der Waals surface area contributed by atoms with Crippen LogP contribution in [-0.4, -0.2) is 18.3 Å². The third kappa shape index (κ3) is 2.18. The lowest BCUT2D eigenvalue weighted by molar-refractivity contribution is -0.152. The third-order valence-electron chi connectivity index (χ3n) is 3.38. The fourth-order valence-corrected chi connectivity index (χ4v) is 3.59. The molecule has 4 nitrogen and oxygen atoms in total. The molecule has 2 rings (SSSR count). The summed E-state index contributed by atoms with van der Waals surface area (Å²) in [5, 5.41) is 18.4. The van der Waals surface area contributed by atoms with Crippen LogP contribution in [0, 0.1) is 34.0 Å².